The lowest BCUT2D eigenvalue weighted by atomic mass is 10.2. The molecule has 0 saturated heterocycles. The maximum Gasteiger partial charge on any atom is 0.273 e. The van der Waals surface area contributed by atoms with Crippen molar-refractivity contribution in [1.29, 1.82) is 0 Å². The molecular formula is C17H11ClF2N6OS. The lowest BCUT2D eigenvalue weighted by Crippen LogP contribution is -2.23. The molecule has 4 aromatic rings. The molecule has 142 valence electrons. The summed E-state index contributed by atoms with van der Waals surface area (Å²) >= 11 is 7.10. The Morgan fingerprint density at radius 3 is 2.82 bits per heavy atom. The molecule has 0 atom stereocenters. The number of nitrogens with zero attached hydrogens (tertiary/aromatic N) is 5. The molecule has 0 spiro atoms. The van der Waals surface area contributed by atoms with Gasteiger partial charge in [-0.1, -0.05) is 11.6 Å². The van der Waals surface area contributed by atoms with Crippen molar-refractivity contribution in [3.05, 3.63) is 58.2 Å². The molecule has 4 rings (SSSR count). The number of nitrogens with one attached hydrogen (secondary N) is 1. The fraction of sp³-hybridized carbons (Fsp3) is 0.118. The topological polar surface area (TPSA) is 85.6 Å². The van der Waals surface area contributed by atoms with Gasteiger partial charge in [0.2, 0.25) is 0 Å². The first-order valence-electron chi connectivity index (χ1n) is 7.93. The van der Waals surface area contributed by atoms with Crippen LogP contribution in [0.2, 0.25) is 5.15 Å². The van der Waals surface area contributed by atoms with Gasteiger partial charge in [-0.3, -0.25) is 19.9 Å². The number of thiazole rings is 1. The lowest BCUT2D eigenvalue weighted by Gasteiger charge is -2.09. The molecule has 0 aliphatic carbocycles. The highest BCUT2D eigenvalue weighted by Crippen LogP contribution is 2.28. The largest absolute Gasteiger partial charge is 0.273 e. The minimum atomic E-state index is -2.68. The van der Waals surface area contributed by atoms with E-state index in [1.54, 1.807) is 12.3 Å². The number of carbonyl (C=O) groups is 1. The predicted molar refractivity (Wildman–Crippen MR) is 101 cm³/mol. The normalized spacial score (nSPS) is 11.3. The molecule has 0 aliphatic heterocycles. The van der Waals surface area contributed by atoms with E-state index in [0.29, 0.717) is 32.6 Å². The molecule has 0 bridgehead atoms. The Morgan fingerprint density at radius 1 is 1.32 bits per heavy atom. The van der Waals surface area contributed by atoms with Crippen molar-refractivity contribution < 1.29 is 13.6 Å². The summed E-state index contributed by atoms with van der Waals surface area (Å²) in [5.41, 5.74) is 3.36. The van der Waals surface area contributed by atoms with Crippen molar-refractivity contribution in [3.63, 3.8) is 0 Å². The van der Waals surface area contributed by atoms with Crippen LogP contribution in [0.4, 0.5) is 8.78 Å². The van der Waals surface area contributed by atoms with E-state index in [0.717, 1.165) is 0 Å². The molecule has 28 heavy (non-hydrogen) atoms. The maximum absolute atomic E-state index is 13.3. The van der Waals surface area contributed by atoms with Crippen molar-refractivity contribution in [2.24, 2.45) is 0 Å². The van der Waals surface area contributed by atoms with Crippen molar-refractivity contribution in [2.75, 3.05) is 5.43 Å². The van der Waals surface area contributed by atoms with Crippen molar-refractivity contribution in [3.8, 4) is 10.8 Å². The van der Waals surface area contributed by atoms with Gasteiger partial charge in [0.1, 0.15) is 5.15 Å². The van der Waals surface area contributed by atoms with Gasteiger partial charge in [-0.05, 0) is 13.0 Å². The van der Waals surface area contributed by atoms with E-state index < -0.39 is 12.3 Å². The van der Waals surface area contributed by atoms with Crippen LogP contribution in [0.15, 0.2) is 36.2 Å². The molecule has 11 heteroatoms. The Bertz CT molecular complexity index is 1190. The fourth-order valence-electron chi connectivity index (χ4n) is 2.69. The van der Waals surface area contributed by atoms with Gasteiger partial charge >= 0.3 is 0 Å². The number of halogens is 3. The summed E-state index contributed by atoms with van der Waals surface area (Å²) in [6.07, 6.45) is 2.68. The van der Waals surface area contributed by atoms with Crippen LogP contribution in [0, 0.1) is 6.92 Å². The van der Waals surface area contributed by atoms with Gasteiger partial charge in [-0.25, -0.2) is 23.7 Å². The van der Waals surface area contributed by atoms with Gasteiger partial charge in [0.15, 0.2) is 10.8 Å². The average Bonchev–Trinajstić information content (AvgIpc) is 3.26. The van der Waals surface area contributed by atoms with Gasteiger partial charge in [0.05, 0.1) is 23.0 Å². The van der Waals surface area contributed by atoms with Gasteiger partial charge < -0.3 is 0 Å². The third-order valence-electron chi connectivity index (χ3n) is 3.99. The Labute approximate surface area is 166 Å². The molecule has 0 aliphatic rings. The van der Waals surface area contributed by atoms with E-state index >= 15 is 0 Å². The number of fused-ring (bicyclic) bond motifs is 1. The second kappa shape index (κ2) is 7.21. The van der Waals surface area contributed by atoms with Gasteiger partial charge in [-0.2, -0.15) is 0 Å². The zero-order valence-electron chi connectivity index (χ0n) is 14.2. The SMILES string of the molecule is Cc1nc(-c2nc(Cl)cs2)ncc1C(=O)Nn1cc(C(F)F)c2ccncc21. The third-order valence-corrected chi connectivity index (χ3v) is 5.15. The summed E-state index contributed by atoms with van der Waals surface area (Å²) in [5.74, 6) is -0.190. The highest BCUT2D eigenvalue weighted by atomic mass is 35.5. The molecule has 7 nitrogen and oxygen atoms in total. The minimum Gasteiger partial charge on any atom is -0.267 e. The number of hydrogen-bond acceptors (Lipinski definition) is 6. The molecule has 1 amide bonds. The van der Waals surface area contributed by atoms with Gasteiger partial charge in [-0.15, -0.1) is 11.3 Å². The lowest BCUT2D eigenvalue weighted by molar-refractivity contribution is 0.101. The zero-order valence-corrected chi connectivity index (χ0v) is 15.8. The molecular weight excluding hydrogens is 410 g/mol. The number of carbonyl (C=O) groups excluding carboxylic acids is 1. The summed E-state index contributed by atoms with van der Waals surface area (Å²) in [6.45, 7) is 1.65. The second-order valence-electron chi connectivity index (χ2n) is 5.76. The number of rotatable bonds is 4. The number of hydrogen-bond donors (Lipinski definition) is 1. The number of aromatic nitrogens is 5. The standard InChI is InChI=1S/C17H11ClF2N6OS/c1-8-10(4-22-15(23-8)17-24-13(18)7-28-17)16(27)25-26-6-11(14(19)20)9-2-3-21-5-12(9)26/h2-7,14H,1H3,(H,25,27). The van der Waals surface area contributed by atoms with Crippen molar-refractivity contribution >= 4 is 39.7 Å². The first-order chi connectivity index (χ1) is 13.4. The molecule has 0 fully saturated rings. The Kier molecular flexibility index (Phi) is 4.73. The van der Waals surface area contributed by atoms with Crippen molar-refractivity contribution in [2.45, 2.75) is 13.3 Å². The number of amides is 1. The molecule has 0 radical (unpaired) electrons. The van der Waals surface area contributed by atoms with E-state index in [9.17, 15) is 13.6 Å². The number of aryl methyl sites for hydroxylation is 1. The molecule has 4 aromatic heterocycles. The predicted octanol–water partition coefficient (Wildman–Crippen LogP) is 4.23. The van der Waals surface area contributed by atoms with Gasteiger partial charge in [0, 0.05) is 34.9 Å². The average molecular weight is 421 g/mol. The maximum atomic E-state index is 13.3. The molecule has 1 N–H and O–H groups in total. The highest BCUT2D eigenvalue weighted by molar-refractivity contribution is 7.13. The van der Waals surface area contributed by atoms with Crippen LogP contribution in [0.25, 0.3) is 21.7 Å². The van der Waals surface area contributed by atoms with E-state index in [2.05, 4.69) is 25.4 Å². The summed E-state index contributed by atoms with van der Waals surface area (Å²) < 4.78 is 27.7. The summed E-state index contributed by atoms with van der Waals surface area (Å²) in [7, 11) is 0. The van der Waals surface area contributed by atoms with E-state index in [4.69, 9.17) is 11.6 Å². The van der Waals surface area contributed by atoms with E-state index in [1.165, 1.54) is 46.9 Å². The van der Waals surface area contributed by atoms with Crippen LogP contribution in [0.1, 0.15) is 28.0 Å². The summed E-state index contributed by atoms with van der Waals surface area (Å²) in [6, 6.07) is 1.47. The number of alkyl halides is 2. The van der Waals surface area contributed by atoms with Crippen LogP contribution in [0.3, 0.4) is 0 Å². The number of pyridine rings is 1. The van der Waals surface area contributed by atoms with Crippen molar-refractivity contribution in [1.82, 2.24) is 24.6 Å². The first kappa shape index (κ1) is 18.4. The minimum absolute atomic E-state index is 0.193. The third kappa shape index (κ3) is 3.32. The summed E-state index contributed by atoms with van der Waals surface area (Å²) in [4.78, 5) is 29.1. The van der Waals surface area contributed by atoms with E-state index in [-0.39, 0.29) is 11.1 Å². The Hall–Kier alpha value is -2.98. The van der Waals surface area contributed by atoms with E-state index in [1.807, 2.05) is 0 Å². The molecule has 0 saturated carbocycles. The molecule has 0 unspecified atom stereocenters. The monoisotopic (exact) mass is 420 g/mol. The Morgan fingerprint density at radius 2 is 2.14 bits per heavy atom. The highest BCUT2D eigenvalue weighted by Gasteiger charge is 2.19. The van der Waals surface area contributed by atoms with Crippen LogP contribution < -0.4 is 5.43 Å². The van der Waals surface area contributed by atoms with Crippen LogP contribution >= 0.6 is 22.9 Å². The Balaban J connectivity index is 1.65. The fourth-order valence-corrected chi connectivity index (χ4v) is 3.57. The zero-order chi connectivity index (χ0) is 19.8. The quantitative estimate of drug-likeness (QED) is 0.534. The van der Waals surface area contributed by atoms with Gasteiger partial charge in [0.25, 0.3) is 12.3 Å². The van der Waals surface area contributed by atoms with Crippen LogP contribution in [0.5, 0.6) is 0 Å². The first-order valence-corrected chi connectivity index (χ1v) is 9.19. The summed E-state index contributed by atoms with van der Waals surface area (Å²) in [5, 5.41) is 2.84. The smallest absolute Gasteiger partial charge is 0.267 e. The molecule has 4 heterocycles. The molecule has 0 aromatic carbocycles. The van der Waals surface area contributed by atoms with Crippen LogP contribution in [-0.2, 0) is 0 Å². The second-order valence-corrected chi connectivity index (χ2v) is 7.00. The van der Waals surface area contributed by atoms with Crippen LogP contribution in [-0.4, -0.2) is 30.5 Å².